The number of ether oxygens (including phenoxy) is 1. The smallest absolute Gasteiger partial charge is 0.292 e. The molecule has 2 rings (SSSR count). The number of methoxy groups -OCH3 is 1. The number of nitrogens with one attached hydrogen (secondary N) is 1. The van der Waals surface area contributed by atoms with Crippen LogP contribution in [0.15, 0.2) is 42.5 Å². The molecule has 0 aliphatic rings. The van der Waals surface area contributed by atoms with Gasteiger partial charge < -0.3 is 15.2 Å². The molecule has 2 N–H and O–H groups in total. The molecule has 0 saturated heterocycles. The van der Waals surface area contributed by atoms with Crippen molar-refractivity contribution >= 4 is 11.4 Å². The van der Waals surface area contributed by atoms with Gasteiger partial charge in [-0.05, 0) is 25.1 Å². The van der Waals surface area contributed by atoms with Gasteiger partial charge in [-0.15, -0.1) is 0 Å². The number of para-hydroxylation sites is 2. The van der Waals surface area contributed by atoms with E-state index in [2.05, 4.69) is 5.32 Å². The van der Waals surface area contributed by atoms with Gasteiger partial charge in [0, 0.05) is 17.7 Å². The lowest BCUT2D eigenvalue weighted by Crippen LogP contribution is -2.08. The van der Waals surface area contributed by atoms with Gasteiger partial charge in [-0.2, -0.15) is 0 Å². The van der Waals surface area contributed by atoms with E-state index in [1.807, 2.05) is 6.92 Å². The minimum absolute atomic E-state index is 0.00245. The highest BCUT2D eigenvalue weighted by Crippen LogP contribution is 2.32. The van der Waals surface area contributed by atoms with Crippen LogP contribution in [0.2, 0.25) is 0 Å². The van der Waals surface area contributed by atoms with Gasteiger partial charge >= 0.3 is 0 Å². The molecule has 0 bridgehead atoms. The van der Waals surface area contributed by atoms with Crippen LogP contribution in [0.3, 0.4) is 0 Å². The number of nitro groups is 1. The van der Waals surface area contributed by atoms with Crippen molar-refractivity contribution in [2.24, 2.45) is 0 Å². The highest BCUT2D eigenvalue weighted by atomic mass is 16.6. The van der Waals surface area contributed by atoms with Crippen molar-refractivity contribution in [1.82, 2.24) is 0 Å². The second-order valence-corrected chi connectivity index (χ2v) is 4.57. The van der Waals surface area contributed by atoms with Gasteiger partial charge in [0.2, 0.25) is 0 Å². The van der Waals surface area contributed by atoms with Crippen LogP contribution in [0.5, 0.6) is 11.5 Å². The van der Waals surface area contributed by atoms with E-state index < -0.39 is 4.92 Å². The van der Waals surface area contributed by atoms with Gasteiger partial charge in [0.1, 0.15) is 17.2 Å². The van der Waals surface area contributed by atoms with Crippen molar-refractivity contribution in [3.05, 3.63) is 58.1 Å². The molecule has 1 unspecified atom stereocenters. The first-order chi connectivity index (χ1) is 10.0. The molecule has 21 heavy (non-hydrogen) atoms. The number of rotatable bonds is 5. The molecule has 0 aliphatic carbocycles. The standard InChI is InChI=1S/C15H16N2O4/c1-10(12-8-7-11(21-2)9-15(12)18)16-13-5-3-4-6-14(13)17(19)20/h3-10,16,18H,1-2H3. The van der Waals surface area contributed by atoms with Gasteiger partial charge in [0.05, 0.1) is 18.1 Å². The maximum absolute atomic E-state index is 11.0. The van der Waals surface area contributed by atoms with Gasteiger partial charge in [-0.3, -0.25) is 10.1 Å². The van der Waals surface area contributed by atoms with E-state index in [0.29, 0.717) is 17.0 Å². The molecule has 2 aromatic carbocycles. The van der Waals surface area contributed by atoms with Gasteiger partial charge in [0.25, 0.3) is 5.69 Å². The summed E-state index contributed by atoms with van der Waals surface area (Å²) >= 11 is 0. The molecule has 2 aromatic rings. The lowest BCUT2D eigenvalue weighted by atomic mass is 10.1. The second-order valence-electron chi connectivity index (χ2n) is 4.57. The largest absolute Gasteiger partial charge is 0.507 e. The van der Waals surface area contributed by atoms with E-state index >= 15 is 0 Å². The zero-order valence-corrected chi connectivity index (χ0v) is 11.7. The summed E-state index contributed by atoms with van der Waals surface area (Å²) in [7, 11) is 1.52. The SMILES string of the molecule is COc1ccc(C(C)Nc2ccccc2[N+](=O)[O-])c(O)c1. The van der Waals surface area contributed by atoms with Crippen LogP contribution in [-0.4, -0.2) is 17.1 Å². The Hall–Kier alpha value is -2.76. The van der Waals surface area contributed by atoms with Gasteiger partial charge in [0.15, 0.2) is 0 Å². The summed E-state index contributed by atoms with van der Waals surface area (Å²) in [5.74, 6) is 0.627. The second kappa shape index (κ2) is 6.13. The molecule has 110 valence electrons. The molecular formula is C15H16N2O4. The Morgan fingerprint density at radius 1 is 1.29 bits per heavy atom. The van der Waals surface area contributed by atoms with Crippen molar-refractivity contribution in [3.63, 3.8) is 0 Å². The van der Waals surface area contributed by atoms with E-state index in [1.54, 1.807) is 30.3 Å². The summed E-state index contributed by atoms with van der Waals surface area (Å²) < 4.78 is 5.03. The predicted molar refractivity (Wildman–Crippen MR) is 79.8 cm³/mol. The summed E-state index contributed by atoms with van der Waals surface area (Å²) in [5.41, 5.74) is 1.04. The molecule has 0 aromatic heterocycles. The highest BCUT2D eigenvalue weighted by molar-refractivity contribution is 5.62. The van der Waals surface area contributed by atoms with E-state index in [0.717, 1.165) is 0 Å². The maximum Gasteiger partial charge on any atom is 0.292 e. The third-order valence-electron chi connectivity index (χ3n) is 3.18. The fourth-order valence-corrected chi connectivity index (χ4v) is 2.08. The molecule has 6 nitrogen and oxygen atoms in total. The average Bonchev–Trinajstić information content (AvgIpc) is 2.47. The van der Waals surface area contributed by atoms with Gasteiger partial charge in [-0.1, -0.05) is 12.1 Å². The first-order valence-electron chi connectivity index (χ1n) is 6.39. The number of phenolic OH excluding ortho intramolecular Hbond substituents is 1. The molecule has 0 fully saturated rings. The Morgan fingerprint density at radius 2 is 2.00 bits per heavy atom. The lowest BCUT2D eigenvalue weighted by Gasteiger charge is -2.17. The molecule has 0 amide bonds. The number of phenols is 1. The maximum atomic E-state index is 11.0. The van der Waals surface area contributed by atoms with E-state index in [4.69, 9.17) is 4.74 Å². The Bertz CT molecular complexity index is 658. The van der Waals surface area contributed by atoms with E-state index in [1.165, 1.54) is 19.2 Å². The third-order valence-corrected chi connectivity index (χ3v) is 3.18. The lowest BCUT2D eigenvalue weighted by molar-refractivity contribution is -0.384. The first-order valence-corrected chi connectivity index (χ1v) is 6.39. The number of benzene rings is 2. The fourth-order valence-electron chi connectivity index (χ4n) is 2.08. The van der Waals surface area contributed by atoms with Crippen LogP contribution in [0.4, 0.5) is 11.4 Å². The topological polar surface area (TPSA) is 84.6 Å². The molecule has 0 saturated carbocycles. The van der Waals surface area contributed by atoms with Crippen LogP contribution >= 0.6 is 0 Å². The highest BCUT2D eigenvalue weighted by Gasteiger charge is 2.17. The Balaban J connectivity index is 2.26. The number of hydrogen-bond acceptors (Lipinski definition) is 5. The van der Waals surface area contributed by atoms with Gasteiger partial charge in [-0.25, -0.2) is 0 Å². The van der Waals surface area contributed by atoms with Crippen molar-refractivity contribution in [3.8, 4) is 11.5 Å². The monoisotopic (exact) mass is 288 g/mol. The minimum atomic E-state index is -0.442. The number of anilines is 1. The first kappa shape index (κ1) is 14.6. The van der Waals surface area contributed by atoms with Crippen LogP contribution in [-0.2, 0) is 0 Å². The Labute approximate surface area is 122 Å². The Kier molecular flexibility index (Phi) is 4.27. The summed E-state index contributed by atoms with van der Waals surface area (Å²) in [6, 6.07) is 11.1. The quantitative estimate of drug-likeness (QED) is 0.650. The molecule has 0 spiro atoms. The van der Waals surface area contributed by atoms with E-state index in [9.17, 15) is 15.2 Å². The number of hydrogen-bond donors (Lipinski definition) is 2. The van der Waals surface area contributed by atoms with Crippen molar-refractivity contribution in [1.29, 1.82) is 0 Å². The third kappa shape index (κ3) is 3.22. The van der Waals surface area contributed by atoms with Crippen molar-refractivity contribution < 1.29 is 14.8 Å². The minimum Gasteiger partial charge on any atom is -0.507 e. The molecular weight excluding hydrogens is 272 g/mol. The van der Waals surface area contributed by atoms with Crippen molar-refractivity contribution in [2.75, 3.05) is 12.4 Å². The Morgan fingerprint density at radius 3 is 2.62 bits per heavy atom. The van der Waals surface area contributed by atoms with Crippen molar-refractivity contribution in [2.45, 2.75) is 13.0 Å². The van der Waals surface area contributed by atoms with Crippen LogP contribution < -0.4 is 10.1 Å². The molecule has 1 atom stereocenters. The summed E-state index contributed by atoms with van der Waals surface area (Å²) in [6.07, 6.45) is 0. The summed E-state index contributed by atoms with van der Waals surface area (Å²) in [4.78, 5) is 10.5. The number of aromatic hydroxyl groups is 1. The number of nitrogens with zero attached hydrogens (tertiary/aromatic N) is 1. The van der Waals surface area contributed by atoms with Crippen LogP contribution in [0.1, 0.15) is 18.5 Å². The van der Waals surface area contributed by atoms with Crippen LogP contribution in [0.25, 0.3) is 0 Å². The zero-order valence-electron chi connectivity index (χ0n) is 11.7. The molecule has 0 radical (unpaired) electrons. The fraction of sp³-hybridized carbons (Fsp3) is 0.200. The average molecular weight is 288 g/mol. The summed E-state index contributed by atoms with van der Waals surface area (Å²) in [5, 5.41) is 24.0. The summed E-state index contributed by atoms with van der Waals surface area (Å²) in [6.45, 7) is 1.82. The molecule has 6 heteroatoms. The number of nitro benzene ring substituents is 1. The molecule has 0 aliphatic heterocycles. The van der Waals surface area contributed by atoms with E-state index in [-0.39, 0.29) is 17.5 Å². The van der Waals surface area contributed by atoms with Crippen LogP contribution in [0, 0.1) is 10.1 Å². The molecule has 0 heterocycles. The predicted octanol–water partition coefficient (Wildman–Crippen LogP) is 3.48. The zero-order chi connectivity index (χ0) is 15.4. The normalized spacial score (nSPS) is 11.7.